The first-order valence-corrected chi connectivity index (χ1v) is 27.5. The molecule has 13 heteroatoms. The van der Waals surface area contributed by atoms with Crippen molar-refractivity contribution in [2.45, 2.75) is 119 Å². The molecule has 4 aromatic rings. The number of H-pyrrole nitrogens is 1. The van der Waals surface area contributed by atoms with Crippen molar-refractivity contribution >= 4 is 33.2 Å². The molecule has 1 aliphatic heterocycles. The Balaban J connectivity index is 1.06. The molecule has 1 aromatic heterocycles. The van der Waals surface area contributed by atoms with Gasteiger partial charge < -0.3 is 46.7 Å². The molecule has 0 spiro atoms. The van der Waals surface area contributed by atoms with Crippen LogP contribution in [0.1, 0.15) is 138 Å². The number of hydrogen-bond acceptors (Lipinski definition) is 12. The van der Waals surface area contributed by atoms with Crippen molar-refractivity contribution in [2.24, 2.45) is 33.1 Å². The molecule has 8 bridgehead atoms. The number of phenols is 2. The zero-order valence-electron chi connectivity index (χ0n) is 40.0. The number of carbonyl (C=O) groups excluding carboxylic acids is 2. The Morgan fingerprint density at radius 2 is 1.70 bits per heavy atom. The van der Waals surface area contributed by atoms with Gasteiger partial charge in [-0.3, -0.25) is 9.59 Å². The van der Waals surface area contributed by atoms with Crippen LogP contribution in [0, 0.1) is 45.3 Å². The van der Waals surface area contributed by atoms with Crippen LogP contribution in [-0.4, -0.2) is 72.8 Å². The van der Waals surface area contributed by atoms with Gasteiger partial charge in [0.05, 0.1) is 37.3 Å². The molecule has 7 unspecified atom stereocenters. The van der Waals surface area contributed by atoms with Crippen LogP contribution in [-0.2, 0) is 29.8 Å². The number of hydrogen-bond donors (Lipinski definition) is 8. The number of aliphatic hydroxyl groups excluding tert-OH is 2. The summed E-state index contributed by atoms with van der Waals surface area (Å²) in [5.41, 5.74) is 16.4. The van der Waals surface area contributed by atoms with Gasteiger partial charge in [-0.05, 0) is 126 Å². The molecule has 71 heavy (non-hydrogen) atoms. The first kappa shape index (κ1) is 49.4. The molecular weight excluding hydrogens is 931 g/mol. The second-order valence-electron chi connectivity index (χ2n) is 21.3. The summed E-state index contributed by atoms with van der Waals surface area (Å²) in [6.45, 7) is -0.165. The molecule has 370 valence electrons. The molecule has 2 heterocycles. The number of Topliss-reactive ketones (excluding diaryl/α,β-unsaturated/α-hetero) is 1. The largest absolute Gasteiger partial charge is 0.508 e. The number of aliphatic hydroxyl groups is 3. The Morgan fingerprint density at radius 3 is 2.54 bits per heavy atom. The number of fused-ring (bicyclic) bond motifs is 7. The molecular formula is C58H63N3O8S2. The van der Waals surface area contributed by atoms with E-state index in [1.165, 1.54) is 0 Å². The third-order valence-corrected chi connectivity index (χ3v) is 19.3. The Hall–Kier alpha value is -5.22. The number of allylic oxidation sites excluding steroid dienone is 3. The number of carbonyl (C=O) groups is 2. The quantitative estimate of drug-likeness (QED) is 0.0412. The molecule has 2 fully saturated rings. The van der Waals surface area contributed by atoms with E-state index in [0.29, 0.717) is 85.3 Å². The van der Waals surface area contributed by atoms with Crippen molar-refractivity contribution in [1.29, 1.82) is 0 Å². The number of aromatic nitrogens is 1. The normalized spacial score (nSPS) is 30.7. The highest BCUT2D eigenvalue weighted by Crippen LogP contribution is 2.66. The highest BCUT2D eigenvalue weighted by molar-refractivity contribution is 8.76. The van der Waals surface area contributed by atoms with E-state index in [1.54, 1.807) is 70.3 Å². The topological polar surface area (TPSA) is 212 Å². The van der Waals surface area contributed by atoms with E-state index in [-0.39, 0.29) is 54.5 Å². The molecule has 5 aliphatic carbocycles. The predicted molar refractivity (Wildman–Crippen MR) is 278 cm³/mol. The van der Waals surface area contributed by atoms with Gasteiger partial charge in [-0.2, -0.15) is 0 Å². The van der Waals surface area contributed by atoms with E-state index in [1.807, 2.05) is 18.2 Å². The van der Waals surface area contributed by atoms with Crippen molar-refractivity contribution in [1.82, 2.24) is 4.98 Å². The van der Waals surface area contributed by atoms with Crippen LogP contribution in [0.5, 0.6) is 17.2 Å². The maximum Gasteiger partial charge on any atom is 0.165 e. The van der Waals surface area contributed by atoms with Crippen LogP contribution in [0.4, 0.5) is 0 Å². The lowest BCUT2D eigenvalue weighted by atomic mass is 9.54. The SMILES string of the molecule is NC(N)c1cc2c3cc1CSSCC14CC#CC56C=CC(O)(CO)CC5(CCC6)CCC(C=CC(=O)CCc5ccc(O)c(c5)OCCc5ccc(O)c(c5)C3CC(=O)c3cc[nH]c3CC#C2)(CC1O)C4. The summed E-state index contributed by atoms with van der Waals surface area (Å²) < 4.78 is 6.18. The fourth-order valence-electron chi connectivity index (χ4n) is 12.8. The van der Waals surface area contributed by atoms with Gasteiger partial charge in [0, 0.05) is 77.1 Å². The third-order valence-electron chi connectivity index (χ3n) is 16.8. The van der Waals surface area contributed by atoms with Gasteiger partial charge in [0.25, 0.3) is 0 Å². The van der Waals surface area contributed by atoms with Gasteiger partial charge in [-0.1, -0.05) is 88.3 Å². The average Bonchev–Trinajstić information content (AvgIpc) is 4.05. The lowest BCUT2D eigenvalue weighted by Gasteiger charge is -2.50. The van der Waals surface area contributed by atoms with Gasteiger partial charge in [-0.15, -0.1) is 5.92 Å². The predicted octanol–water partition coefficient (Wildman–Crippen LogP) is 8.38. The summed E-state index contributed by atoms with van der Waals surface area (Å²) in [4.78, 5) is 31.4. The van der Waals surface area contributed by atoms with Crippen LogP contribution in [0.25, 0.3) is 0 Å². The third kappa shape index (κ3) is 9.64. The molecule has 6 aliphatic rings. The maximum atomic E-state index is 14.3. The minimum atomic E-state index is -1.34. The standard InChI is InChI=1S/C58H63N3O8S2/c59-53(60)44-28-39-4-1-5-47-42(13-24-61-47)50(66)30-45-43(39)29-40(44)32-70-71-36-55-15-2-16-56-17-3-18-57(56,34-58(68,35-62)23-22-56)21-20-54(33-55,31-52(55)67)19-12-41(63)9-6-37-8-11-49(65)51(27-37)69-25-14-38-7-10-48(64)46(45)26-38/h7-8,10-13,19,22-24,26-29,45,52-53,61-62,64-65,67-68H,3,5-6,9,14-15,17-18,20-21,25,30-36,59-60H2. The lowest BCUT2D eigenvalue weighted by molar-refractivity contribution is -0.114. The summed E-state index contributed by atoms with van der Waals surface area (Å²) in [6, 6.07) is 16.3. The highest BCUT2D eigenvalue weighted by atomic mass is 33.1. The van der Waals surface area contributed by atoms with Crippen molar-refractivity contribution in [2.75, 3.05) is 19.0 Å². The summed E-state index contributed by atoms with van der Waals surface area (Å²) in [5.74, 6) is 14.7. The Bertz CT molecular complexity index is 2940. The van der Waals surface area contributed by atoms with Crippen LogP contribution >= 0.6 is 21.6 Å². The molecule has 0 saturated heterocycles. The van der Waals surface area contributed by atoms with Crippen LogP contribution in [0.2, 0.25) is 0 Å². The van der Waals surface area contributed by atoms with Crippen molar-refractivity contribution in [3.63, 3.8) is 0 Å². The zero-order valence-corrected chi connectivity index (χ0v) is 41.6. The number of nitrogens with two attached hydrogens (primary N) is 2. The number of ether oxygens (including phenoxy) is 1. The van der Waals surface area contributed by atoms with Gasteiger partial charge in [0.15, 0.2) is 23.1 Å². The van der Waals surface area contributed by atoms with E-state index in [0.717, 1.165) is 59.2 Å². The number of benzene rings is 3. The summed E-state index contributed by atoms with van der Waals surface area (Å²) >= 11 is 0. The monoisotopic (exact) mass is 993 g/mol. The smallest absolute Gasteiger partial charge is 0.165 e. The van der Waals surface area contributed by atoms with Crippen LogP contribution < -0.4 is 16.2 Å². The number of nitrogens with one attached hydrogen (secondary N) is 1. The second-order valence-corrected chi connectivity index (χ2v) is 23.8. The lowest BCUT2D eigenvalue weighted by Crippen LogP contribution is -2.49. The number of aryl methyl sites for hydroxylation is 1. The fraction of sp³-hybridized carbons (Fsp3) is 0.448. The molecule has 2 saturated carbocycles. The number of ketones is 2. The van der Waals surface area contributed by atoms with Gasteiger partial charge in [0.1, 0.15) is 11.4 Å². The first-order valence-electron chi connectivity index (χ1n) is 25.0. The minimum absolute atomic E-state index is 0.0195. The van der Waals surface area contributed by atoms with Gasteiger partial charge in [-0.25, -0.2) is 0 Å². The molecule has 7 atom stereocenters. The number of phenolic OH excluding ortho intramolecular Hbond substituents is 2. The molecule has 11 nitrogen and oxygen atoms in total. The molecule has 10 N–H and O–H groups in total. The highest BCUT2D eigenvalue weighted by Gasteiger charge is 2.60. The summed E-state index contributed by atoms with van der Waals surface area (Å²) in [6.07, 6.45) is 15.3. The van der Waals surface area contributed by atoms with E-state index in [9.17, 15) is 35.1 Å². The molecule has 0 amide bonds. The number of aromatic hydroxyl groups is 2. The van der Waals surface area contributed by atoms with Crippen molar-refractivity contribution in [3.05, 3.63) is 135 Å². The van der Waals surface area contributed by atoms with E-state index >= 15 is 0 Å². The Labute approximate surface area is 423 Å². The maximum absolute atomic E-state index is 14.3. The van der Waals surface area contributed by atoms with Crippen LogP contribution in [0.15, 0.2) is 85.1 Å². The zero-order chi connectivity index (χ0) is 49.6. The first-order chi connectivity index (χ1) is 34.2. The van der Waals surface area contributed by atoms with Crippen molar-refractivity contribution < 1.29 is 39.9 Å². The Morgan fingerprint density at radius 1 is 0.873 bits per heavy atom. The number of aromatic amines is 1. The Kier molecular flexibility index (Phi) is 13.7. The molecule has 0 radical (unpaired) electrons. The van der Waals surface area contributed by atoms with E-state index < -0.39 is 40.0 Å². The summed E-state index contributed by atoms with van der Waals surface area (Å²) in [7, 11) is 3.31. The molecule has 10 rings (SSSR count). The average molecular weight is 994 g/mol. The van der Waals surface area contributed by atoms with Gasteiger partial charge in [0.2, 0.25) is 0 Å². The van der Waals surface area contributed by atoms with E-state index in [4.69, 9.17) is 16.2 Å². The van der Waals surface area contributed by atoms with E-state index in [2.05, 4.69) is 46.9 Å². The second kappa shape index (κ2) is 19.7. The fourth-order valence-corrected chi connectivity index (χ4v) is 15.6. The van der Waals surface area contributed by atoms with Crippen molar-refractivity contribution in [3.8, 4) is 40.9 Å². The molecule has 3 aromatic carbocycles. The van der Waals surface area contributed by atoms with Crippen LogP contribution in [0.3, 0.4) is 0 Å². The van der Waals surface area contributed by atoms with Gasteiger partial charge >= 0.3 is 0 Å². The summed E-state index contributed by atoms with van der Waals surface area (Å²) in [5, 5.41) is 56.8. The minimum Gasteiger partial charge on any atom is -0.508 e. The number of rotatable bonds is 2.